The molecule has 0 radical (unpaired) electrons. The van der Waals surface area contributed by atoms with E-state index in [1.54, 1.807) is 0 Å². The predicted octanol–water partition coefficient (Wildman–Crippen LogP) is 1.96. The van der Waals surface area contributed by atoms with E-state index in [1.165, 1.54) is 5.56 Å². The van der Waals surface area contributed by atoms with Crippen LogP contribution >= 0.6 is 0 Å². The van der Waals surface area contributed by atoms with Crippen molar-refractivity contribution >= 4 is 11.0 Å². The van der Waals surface area contributed by atoms with Crippen molar-refractivity contribution in [3.05, 3.63) is 41.7 Å². The number of aromatic nitrogens is 5. The fraction of sp³-hybridized carbons (Fsp3) is 0.438. The van der Waals surface area contributed by atoms with Crippen molar-refractivity contribution in [2.75, 3.05) is 6.54 Å². The number of pyridine rings is 1. The lowest BCUT2D eigenvalue weighted by molar-refractivity contribution is 0.572. The molecule has 0 fully saturated rings. The van der Waals surface area contributed by atoms with Crippen LogP contribution in [-0.2, 0) is 20.1 Å². The minimum absolute atomic E-state index is 0.834. The molecule has 3 rings (SSSR count). The smallest absolute Gasteiger partial charge is 0.157 e. The second-order valence-electron chi connectivity index (χ2n) is 5.62. The van der Waals surface area contributed by atoms with E-state index in [4.69, 9.17) is 0 Å². The van der Waals surface area contributed by atoms with Crippen molar-refractivity contribution in [1.82, 2.24) is 29.6 Å². The number of nitrogens with one attached hydrogen (secondary N) is 1. The molecule has 0 aliphatic carbocycles. The number of hydrogen-bond donors (Lipinski definition) is 1. The van der Waals surface area contributed by atoms with Crippen LogP contribution in [0.3, 0.4) is 0 Å². The first kappa shape index (κ1) is 14.7. The zero-order valence-corrected chi connectivity index (χ0v) is 13.4. The summed E-state index contributed by atoms with van der Waals surface area (Å²) in [6.07, 6.45) is 6.88. The summed E-state index contributed by atoms with van der Waals surface area (Å²) in [7, 11) is 1.93. The summed E-state index contributed by atoms with van der Waals surface area (Å²) in [4.78, 5) is 8.73. The molecule has 6 heteroatoms. The van der Waals surface area contributed by atoms with Gasteiger partial charge in [-0.2, -0.15) is 5.10 Å². The first-order valence-corrected chi connectivity index (χ1v) is 7.62. The maximum Gasteiger partial charge on any atom is 0.157 e. The molecule has 0 amide bonds. The Morgan fingerprint density at radius 3 is 2.86 bits per heavy atom. The van der Waals surface area contributed by atoms with E-state index in [-0.39, 0.29) is 0 Å². The topological polar surface area (TPSA) is 60.6 Å². The number of hydrogen-bond acceptors (Lipinski definition) is 4. The Balaban J connectivity index is 1.51. The molecule has 6 nitrogen and oxygen atoms in total. The Kier molecular flexibility index (Phi) is 4.20. The van der Waals surface area contributed by atoms with Gasteiger partial charge in [0, 0.05) is 44.1 Å². The van der Waals surface area contributed by atoms with Gasteiger partial charge in [-0.15, -0.1) is 0 Å². The first-order valence-electron chi connectivity index (χ1n) is 7.62. The van der Waals surface area contributed by atoms with Crippen LogP contribution in [-0.4, -0.2) is 30.9 Å². The molecule has 0 aliphatic rings. The zero-order valence-electron chi connectivity index (χ0n) is 13.4. The number of nitrogens with zero attached hydrogens (tertiary/aromatic N) is 5. The second kappa shape index (κ2) is 6.27. The first-order chi connectivity index (χ1) is 10.6. The minimum Gasteiger partial charge on any atom is -0.335 e. The van der Waals surface area contributed by atoms with Gasteiger partial charge in [-0.25, -0.2) is 9.97 Å². The summed E-state index contributed by atoms with van der Waals surface area (Å²) in [5.74, 6) is 1.07. The van der Waals surface area contributed by atoms with Gasteiger partial charge in [-0.05, 0) is 38.4 Å². The van der Waals surface area contributed by atoms with Crippen LogP contribution in [0, 0.1) is 13.8 Å². The molecule has 0 aromatic carbocycles. The van der Waals surface area contributed by atoms with Gasteiger partial charge >= 0.3 is 0 Å². The highest BCUT2D eigenvalue weighted by Gasteiger charge is 2.06. The fourth-order valence-corrected chi connectivity index (χ4v) is 2.70. The number of imidazole rings is 1. The second-order valence-corrected chi connectivity index (χ2v) is 5.62. The minimum atomic E-state index is 0.834. The molecule has 0 spiro atoms. The van der Waals surface area contributed by atoms with E-state index < -0.39 is 0 Å². The van der Waals surface area contributed by atoms with E-state index in [0.717, 1.165) is 48.6 Å². The molecular formula is C16H22N6. The Morgan fingerprint density at radius 1 is 1.23 bits per heavy atom. The normalized spacial score (nSPS) is 11.4. The molecule has 0 unspecified atom stereocenters. The number of rotatable bonds is 6. The molecule has 0 atom stereocenters. The monoisotopic (exact) mass is 298 g/mol. The van der Waals surface area contributed by atoms with E-state index in [9.17, 15) is 0 Å². The van der Waals surface area contributed by atoms with Crippen molar-refractivity contribution in [2.45, 2.75) is 33.4 Å². The number of aryl methyl sites for hydroxylation is 4. The van der Waals surface area contributed by atoms with Gasteiger partial charge in [0.2, 0.25) is 0 Å². The SMILES string of the molecule is Cc1nn(C)c2ncc(CNCCCn3ccnc3C)cc12. The van der Waals surface area contributed by atoms with Crippen LogP contribution in [0.2, 0.25) is 0 Å². The summed E-state index contributed by atoms with van der Waals surface area (Å²) in [6.45, 7) is 6.86. The third-order valence-corrected chi connectivity index (χ3v) is 3.92. The average Bonchev–Trinajstić information content (AvgIpc) is 3.03. The summed E-state index contributed by atoms with van der Waals surface area (Å²) < 4.78 is 4.00. The molecular weight excluding hydrogens is 276 g/mol. The van der Waals surface area contributed by atoms with Crippen molar-refractivity contribution in [2.24, 2.45) is 7.05 Å². The lowest BCUT2D eigenvalue weighted by Crippen LogP contribution is -2.16. The summed E-state index contributed by atoms with van der Waals surface area (Å²) in [5.41, 5.74) is 3.17. The Labute approximate surface area is 130 Å². The van der Waals surface area contributed by atoms with Crippen LogP contribution in [0.15, 0.2) is 24.7 Å². The van der Waals surface area contributed by atoms with Gasteiger partial charge in [0.15, 0.2) is 5.65 Å². The maximum atomic E-state index is 4.50. The standard InChI is InChI=1S/C16H22N6/c1-12-15-9-14(11-19-16(15)21(3)20-12)10-17-5-4-7-22-8-6-18-13(22)2/h6,8-9,11,17H,4-5,7,10H2,1-3H3. The lowest BCUT2D eigenvalue weighted by Gasteiger charge is -2.07. The maximum absolute atomic E-state index is 4.50. The summed E-state index contributed by atoms with van der Waals surface area (Å²) >= 11 is 0. The van der Waals surface area contributed by atoms with E-state index >= 15 is 0 Å². The predicted molar refractivity (Wildman–Crippen MR) is 86.5 cm³/mol. The molecule has 3 heterocycles. The van der Waals surface area contributed by atoms with Crippen LogP contribution in [0.25, 0.3) is 11.0 Å². The van der Waals surface area contributed by atoms with Crippen LogP contribution in [0.5, 0.6) is 0 Å². The molecule has 0 aliphatic heterocycles. The van der Waals surface area contributed by atoms with Gasteiger partial charge in [0.05, 0.1) is 5.69 Å². The van der Waals surface area contributed by atoms with Crippen molar-refractivity contribution < 1.29 is 0 Å². The highest BCUT2D eigenvalue weighted by atomic mass is 15.3. The average molecular weight is 298 g/mol. The molecule has 1 N–H and O–H groups in total. The molecule has 116 valence electrons. The lowest BCUT2D eigenvalue weighted by atomic mass is 10.2. The molecule has 0 bridgehead atoms. The zero-order chi connectivity index (χ0) is 15.5. The van der Waals surface area contributed by atoms with Gasteiger partial charge in [0.1, 0.15) is 5.82 Å². The van der Waals surface area contributed by atoms with E-state index in [2.05, 4.69) is 31.0 Å². The van der Waals surface area contributed by atoms with Gasteiger partial charge in [-0.1, -0.05) is 0 Å². The van der Waals surface area contributed by atoms with Crippen LogP contribution in [0.4, 0.5) is 0 Å². The quantitative estimate of drug-likeness (QED) is 0.707. The largest absolute Gasteiger partial charge is 0.335 e. The summed E-state index contributed by atoms with van der Waals surface area (Å²) in [6, 6.07) is 2.18. The molecule has 3 aromatic rings. The van der Waals surface area contributed by atoms with Gasteiger partial charge < -0.3 is 9.88 Å². The number of fused-ring (bicyclic) bond motifs is 1. The Bertz CT molecular complexity index is 770. The van der Waals surface area contributed by atoms with Gasteiger partial charge in [-0.3, -0.25) is 4.68 Å². The van der Waals surface area contributed by atoms with Crippen LogP contribution in [0.1, 0.15) is 23.5 Å². The highest BCUT2D eigenvalue weighted by Crippen LogP contribution is 2.16. The fourth-order valence-electron chi connectivity index (χ4n) is 2.70. The molecule has 0 saturated carbocycles. The highest BCUT2D eigenvalue weighted by molar-refractivity contribution is 5.78. The third-order valence-electron chi connectivity index (χ3n) is 3.92. The van der Waals surface area contributed by atoms with E-state index in [0.29, 0.717) is 0 Å². The third kappa shape index (κ3) is 3.01. The van der Waals surface area contributed by atoms with Gasteiger partial charge in [0.25, 0.3) is 0 Å². The Hall–Kier alpha value is -2.21. The van der Waals surface area contributed by atoms with E-state index in [1.807, 2.05) is 44.2 Å². The van der Waals surface area contributed by atoms with Crippen molar-refractivity contribution in [3.8, 4) is 0 Å². The summed E-state index contributed by atoms with van der Waals surface area (Å²) in [5, 5.41) is 9.01. The molecule has 22 heavy (non-hydrogen) atoms. The molecule has 0 saturated heterocycles. The van der Waals surface area contributed by atoms with Crippen molar-refractivity contribution in [1.29, 1.82) is 0 Å². The van der Waals surface area contributed by atoms with Crippen molar-refractivity contribution in [3.63, 3.8) is 0 Å². The molecule has 3 aromatic heterocycles. The van der Waals surface area contributed by atoms with Crippen LogP contribution < -0.4 is 5.32 Å². The Morgan fingerprint density at radius 2 is 2.09 bits per heavy atom.